The minimum absolute atomic E-state index is 0.109. The molecule has 1 heterocycles. The van der Waals surface area contributed by atoms with Crippen LogP contribution in [0, 0.1) is 6.92 Å². The quantitative estimate of drug-likeness (QED) is 0.908. The molecule has 0 bridgehead atoms. The molecular weight excluding hydrogens is 318 g/mol. The number of methoxy groups -OCH3 is 1. The zero-order valence-electron chi connectivity index (χ0n) is 14.4. The predicted molar refractivity (Wildman–Crippen MR) is 93.9 cm³/mol. The Bertz CT molecular complexity index is 801. The molecule has 1 unspecified atom stereocenters. The Morgan fingerprint density at radius 1 is 1.28 bits per heavy atom. The molecule has 25 heavy (non-hydrogen) atoms. The number of nitrogens with zero attached hydrogens (tertiary/aromatic N) is 1. The Labute approximate surface area is 146 Å². The van der Waals surface area contributed by atoms with Crippen molar-refractivity contribution in [1.29, 1.82) is 0 Å². The number of rotatable bonds is 5. The molecule has 1 N–H and O–H groups in total. The molecule has 2 aromatic carbocycles. The number of carboxylic acid groups (broad SMARTS) is 1. The Balaban J connectivity index is 1.83. The van der Waals surface area contributed by atoms with Crippen molar-refractivity contribution in [1.82, 2.24) is 4.90 Å². The maximum Gasteiger partial charge on any atom is 0.335 e. The molecule has 1 saturated heterocycles. The number of aryl methyl sites for hydroxylation is 1. The number of hydrogen-bond acceptors (Lipinski definition) is 3. The molecule has 0 saturated carbocycles. The van der Waals surface area contributed by atoms with Crippen LogP contribution in [-0.2, 0) is 11.3 Å². The zero-order valence-corrected chi connectivity index (χ0v) is 14.4. The number of benzene rings is 2. The summed E-state index contributed by atoms with van der Waals surface area (Å²) in [4.78, 5) is 25.5. The van der Waals surface area contributed by atoms with Crippen LogP contribution in [0.15, 0.2) is 42.5 Å². The number of carbonyl (C=O) groups is 2. The smallest absolute Gasteiger partial charge is 0.335 e. The fraction of sp³-hybridized carbons (Fsp3) is 0.300. The zero-order chi connectivity index (χ0) is 18.0. The lowest BCUT2D eigenvalue weighted by Crippen LogP contribution is -2.25. The van der Waals surface area contributed by atoms with Gasteiger partial charge in [0.05, 0.1) is 12.7 Å². The van der Waals surface area contributed by atoms with Crippen molar-refractivity contribution in [2.45, 2.75) is 25.8 Å². The van der Waals surface area contributed by atoms with E-state index in [1.54, 1.807) is 6.07 Å². The second kappa shape index (κ2) is 6.97. The lowest BCUT2D eigenvalue weighted by Gasteiger charge is -2.20. The lowest BCUT2D eigenvalue weighted by molar-refractivity contribution is -0.128. The molecule has 1 fully saturated rings. The van der Waals surface area contributed by atoms with Crippen molar-refractivity contribution >= 4 is 11.9 Å². The van der Waals surface area contributed by atoms with Crippen molar-refractivity contribution in [2.24, 2.45) is 0 Å². The molecule has 1 aliphatic rings. The third-order valence-electron chi connectivity index (χ3n) is 4.73. The van der Waals surface area contributed by atoms with Crippen LogP contribution < -0.4 is 4.74 Å². The summed E-state index contributed by atoms with van der Waals surface area (Å²) in [6.45, 7) is 2.93. The average Bonchev–Trinajstić information content (AvgIpc) is 2.98. The molecule has 1 aliphatic heterocycles. The van der Waals surface area contributed by atoms with E-state index in [0.29, 0.717) is 25.3 Å². The maximum atomic E-state index is 12.4. The minimum atomic E-state index is -0.991. The highest BCUT2D eigenvalue weighted by atomic mass is 16.5. The number of likely N-dealkylation sites (tertiary alicyclic amines) is 1. The fourth-order valence-electron chi connectivity index (χ4n) is 3.36. The van der Waals surface area contributed by atoms with Gasteiger partial charge in [-0.15, -0.1) is 0 Å². The van der Waals surface area contributed by atoms with E-state index >= 15 is 0 Å². The summed E-state index contributed by atoms with van der Waals surface area (Å²) in [7, 11) is 1.52. The van der Waals surface area contributed by atoms with Crippen molar-refractivity contribution in [3.05, 3.63) is 64.7 Å². The Morgan fingerprint density at radius 3 is 2.64 bits per heavy atom. The van der Waals surface area contributed by atoms with Crippen LogP contribution in [0.3, 0.4) is 0 Å². The van der Waals surface area contributed by atoms with E-state index in [4.69, 9.17) is 4.74 Å². The van der Waals surface area contributed by atoms with Crippen LogP contribution in [0.25, 0.3) is 0 Å². The second-order valence-electron chi connectivity index (χ2n) is 6.37. The van der Waals surface area contributed by atoms with Crippen LogP contribution in [0.5, 0.6) is 5.75 Å². The van der Waals surface area contributed by atoms with E-state index in [-0.39, 0.29) is 17.4 Å². The van der Waals surface area contributed by atoms with E-state index in [0.717, 1.165) is 11.1 Å². The second-order valence-corrected chi connectivity index (χ2v) is 6.37. The first-order valence-corrected chi connectivity index (χ1v) is 8.23. The van der Waals surface area contributed by atoms with Crippen LogP contribution in [0.1, 0.15) is 39.4 Å². The van der Waals surface area contributed by atoms with Gasteiger partial charge in [0.25, 0.3) is 0 Å². The number of carbonyl (C=O) groups excluding carboxylic acids is 1. The fourth-order valence-corrected chi connectivity index (χ4v) is 3.36. The molecule has 1 atom stereocenters. The Morgan fingerprint density at radius 2 is 2.00 bits per heavy atom. The molecular formula is C20H21NO4. The Kier molecular flexibility index (Phi) is 4.74. The molecule has 0 radical (unpaired) electrons. The summed E-state index contributed by atoms with van der Waals surface area (Å²) >= 11 is 0. The van der Waals surface area contributed by atoms with Gasteiger partial charge in [-0.2, -0.15) is 0 Å². The molecule has 0 aromatic heterocycles. The highest BCUT2D eigenvalue weighted by molar-refractivity contribution is 5.88. The monoisotopic (exact) mass is 339 g/mol. The highest BCUT2D eigenvalue weighted by Crippen LogP contribution is 2.32. The van der Waals surface area contributed by atoms with Gasteiger partial charge in [-0.05, 0) is 30.2 Å². The normalized spacial score (nSPS) is 17.0. The molecule has 5 nitrogen and oxygen atoms in total. The number of amides is 1. The molecule has 3 rings (SSSR count). The largest absolute Gasteiger partial charge is 0.496 e. The number of aromatic carboxylic acids is 1. The van der Waals surface area contributed by atoms with Crippen molar-refractivity contribution in [3.8, 4) is 5.75 Å². The van der Waals surface area contributed by atoms with E-state index in [1.807, 2.05) is 30.0 Å². The maximum absolute atomic E-state index is 12.4. The lowest BCUT2D eigenvalue weighted by atomic mass is 9.98. The molecule has 5 heteroatoms. The summed E-state index contributed by atoms with van der Waals surface area (Å²) in [6.07, 6.45) is 0.499. The van der Waals surface area contributed by atoms with Gasteiger partial charge in [-0.3, -0.25) is 4.79 Å². The summed E-state index contributed by atoms with van der Waals surface area (Å²) in [5.41, 5.74) is 3.03. The van der Waals surface area contributed by atoms with Crippen LogP contribution in [0.4, 0.5) is 0 Å². The van der Waals surface area contributed by atoms with E-state index in [2.05, 4.69) is 12.1 Å². The van der Waals surface area contributed by atoms with Gasteiger partial charge in [0.1, 0.15) is 5.75 Å². The van der Waals surface area contributed by atoms with Gasteiger partial charge >= 0.3 is 5.97 Å². The van der Waals surface area contributed by atoms with Crippen LogP contribution in [-0.4, -0.2) is 35.5 Å². The van der Waals surface area contributed by atoms with Crippen LogP contribution in [0.2, 0.25) is 0 Å². The van der Waals surface area contributed by atoms with Crippen molar-refractivity contribution in [2.75, 3.05) is 13.7 Å². The van der Waals surface area contributed by atoms with E-state index in [9.17, 15) is 14.7 Å². The summed E-state index contributed by atoms with van der Waals surface area (Å²) in [5, 5.41) is 9.19. The van der Waals surface area contributed by atoms with Crippen molar-refractivity contribution < 1.29 is 19.4 Å². The molecule has 1 amide bonds. The van der Waals surface area contributed by atoms with E-state index < -0.39 is 5.97 Å². The summed E-state index contributed by atoms with van der Waals surface area (Å²) in [5.74, 6) is -0.182. The van der Waals surface area contributed by atoms with Gasteiger partial charge in [0, 0.05) is 31.0 Å². The number of ether oxygens (including phenoxy) is 1. The van der Waals surface area contributed by atoms with Gasteiger partial charge < -0.3 is 14.7 Å². The van der Waals surface area contributed by atoms with Crippen LogP contribution >= 0.6 is 0 Å². The first-order chi connectivity index (χ1) is 12.0. The van der Waals surface area contributed by atoms with E-state index in [1.165, 1.54) is 18.7 Å². The molecule has 0 aliphatic carbocycles. The topological polar surface area (TPSA) is 66.8 Å². The molecule has 130 valence electrons. The standard InChI is InChI=1S/C20H21NO4/c1-13-8-15(20(23)24)9-18(25-2)17(13)12-21-11-16(10-19(21)22)14-6-4-3-5-7-14/h3-9,16H,10-12H2,1-2H3,(H,23,24). The third kappa shape index (κ3) is 3.50. The van der Waals surface area contributed by atoms with Crippen molar-refractivity contribution in [3.63, 3.8) is 0 Å². The summed E-state index contributed by atoms with van der Waals surface area (Å²) < 4.78 is 5.37. The summed E-state index contributed by atoms with van der Waals surface area (Å²) in [6, 6.07) is 13.2. The number of hydrogen-bond donors (Lipinski definition) is 1. The number of carboxylic acids is 1. The van der Waals surface area contributed by atoms with Gasteiger partial charge in [0.2, 0.25) is 5.91 Å². The first-order valence-electron chi connectivity index (χ1n) is 8.23. The van der Waals surface area contributed by atoms with Gasteiger partial charge in [-0.25, -0.2) is 4.79 Å². The molecule has 0 spiro atoms. The SMILES string of the molecule is COc1cc(C(=O)O)cc(C)c1CN1CC(c2ccccc2)CC1=O. The van der Waals surface area contributed by atoms with Gasteiger partial charge in [0.15, 0.2) is 0 Å². The molecule has 2 aromatic rings. The average molecular weight is 339 g/mol. The Hall–Kier alpha value is -2.82. The predicted octanol–water partition coefficient (Wildman–Crippen LogP) is 3.22. The highest BCUT2D eigenvalue weighted by Gasteiger charge is 2.31. The minimum Gasteiger partial charge on any atom is -0.496 e. The first kappa shape index (κ1) is 17.0. The van der Waals surface area contributed by atoms with Gasteiger partial charge in [-0.1, -0.05) is 30.3 Å². The third-order valence-corrected chi connectivity index (χ3v) is 4.73.